The van der Waals surface area contributed by atoms with Crippen LogP contribution in [0.15, 0.2) is 60.0 Å². The van der Waals surface area contributed by atoms with Gasteiger partial charge in [0.15, 0.2) is 0 Å². The van der Waals surface area contributed by atoms with Crippen LogP contribution < -0.4 is 5.32 Å². The number of hydrogen-bond acceptors (Lipinski definition) is 6. The molecule has 120 valence electrons. The summed E-state index contributed by atoms with van der Waals surface area (Å²) in [6.45, 7) is 1.69. The molecule has 2 heterocycles. The number of pyridine rings is 1. The molecule has 3 rings (SSSR count). The number of aromatic nitrogens is 5. The van der Waals surface area contributed by atoms with Crippen LogP contribution >= 0.6 is 24.2 Å². The largest absolute Gasteiger partial charge is 0.312 e. The van der Waals surface area contributed by atoms with Crippen molar-refractivity contribution in [3.8, 4) is 5.69 Å². The Hall–Kier alpha value is -1.96. The Labute approximate surface area is 145 Å². The lowest BCUT2D eigenvalue weighted by atomic mass is 10.3. The summed E-state index contributed by atoms with van der Waals surface area (Å²) in [7, 11) is 0. The summed E-state index contributed by atoms with van der Waals surface area (Å²) in [4.78, 5) is 4.09. The van der Waals surface area contributed by atoms with Gasteiger partial charge >= 0.3 is 0 Å². The van der Waals surface area contributed by atoms with Crippen LogP contribution in [0, 0.1) is 0 Å². The SMILES string of the molecule is Cl.c1ccc(-n2nnnc2SCCNCc2cccnc2)cc1. The van der Waals surface area contributed by atoms with E-state index in [2.05, 4.69) is 31.9 Å². The summed E-state index contributed by atoms with van der Waals surface area (Å²) in [5.41, 5.74) is 2.15. The van der Waals surface area contributed by atoms with Gasteiger partial charge in [0.2, 0.25) is 5.16 Å². The fourth-order valence-electron chi connectivity index (χ4n) is 1.95. The molecule has 1 aromatic carbocycles. The van der Waals surface area contributed by atoms with E-state index in [1.54, 1.807) is 22.6 Å². The van der Waals surface area contributed by atoms with Gasteiger partial charge in [-0.1, -0.05) is 36.0 Å². The Morgan fingerprint density at radius 1 is 1.09 bits per heavy atom. The zero-order chi connectivity index (χ0) is 15.0. The normalized spacial score (nSPS) is 10.3. The van der Waals surface area contributed by atoms with Crippen molar-refractivity contribution < 1.29 is 0 Å². The van der Waals surface area contributed by atoms with Crippen LogP contribution in [-0.4, -0.2) is 37.5 Å². The first-order valence-electron chi connectivity index (χ1n) is 7.00. The Morgan fingerprint density at radius 2 is 1.96 bits per heavy atom. The van der Waals surface area contributed by atoms with Crippen LogP contribution in [0.1, 0.15) is 5.56 Å². The minimum Gasteiger partial charge on any atom is -0.312 e. The molecule has 0 radical (unpaired) electrons. The number of nitrogens with zero attached hydrogens (tertiary/aromatic N) is 5. The van der Waals surface area contributed by atoms with Crippen LogP contribution in [-0.2, 0) is 6.54 Å². The van der Waals surface area contributed by atoms with Gasteiger partial charge < -0.3 is 5.32 Å². The standard InChI is InChI=1S/C15H16N6S.ClH/c1-2-6-14(7-3-1)21-15(18-19-20-21)22-10-9-17-12-13-5-4-8-16-11-13;/h1-8,11,17H,9-10,12H2;1H. The summed E-state index contributed by atoms with van der Waals surface area (Å²) in [5.74, 6) is 0.896. The minimum absolute atomic E-state index is 0. The summed E-state index contributed by atoms with van der Waals surface area (Å²) < 4.78 is 1.76. The first kappa shape index (κ1) is 17.4. The van der Waals surface area contributed by atoms with E-state index in [1.165, 1.54) is 5.56 Å². The number of tetrazole rings is 1. The van der Waals surface area contributed by atoms with E-state index in [9.17, 15) is 0 Å². The molecule has 0 saturated carbocycles. The first-order chi connectivity index (χ1) is 10.9. The molecule has 2 aromatic heterocycles. The molecule has 0 amide bonds. The molecule has 0 aliphatic rings. The summed E-state index contributed by atoms with van der Waals surface area (Å²) in [6, 6.07) is 13.9. The maximum atomic E-state index is 4.09. The molecule has 6 nitrogen and oxygen atoms in total. The highest BCUT2D eigenvalue weighted by atomic mass is 35.5. The lowest BCUT2D eigenvalue weighted by Crippen LogP contribution is -2.16. The molecule has 1 N–H and O–H groups in total. The fourth-order valence-corrected chi connectivity index (χ4v) is 2.74. The van der Waals surface area contributed by atoms with Crippen molar-refractivity contribution in [2.45, 2.75) is 11.7 Å². The van der Waals surface area contributed by atoms with Gasteiger partial charge in [-0.15, -0.1) is 17.5 Å². The highest BCUT2D eigenvalue weighted by molar-refractivity contribution is 7.99. The lowest BCUT2D eigenvalue weighted by Gasteiger charge is -2.05. The lowest BCUT2D eigenvalue weighted by molar-refractivity contribution is 0.726. The predicted molar refractivity (Wildman–Crippen MR) is 93.1 cm³/mol. The van der Waals surface area contributed by atoms with Crippen LogP contribution in [0.25, 0.3) is 5.69 Å². The Kier molecular flexibility index (Phi) is 6.99. The van der Waals surface area contributed by atoms with Gasteiger partial charge in [-0.05, 0) is 34.2 Å². The molecule has 0 unspecified atom stereocenters. The van der Waals surface area contributed by atoms with E-state index < -0.39 is 0 Å². The highest BCUT2D eigenvalue weighted by Gasteiger charge is 2.07. The van der Waals surface area contributed by atoms with Crippen molar-refractivity contribution in [2.75, 3.05) is 12.3 Å². The molecule has 3 aromatic rings. The summed E-state index contributed by atoms with van der Waals surface area (Å²) in [6.07, 6.45) is 3.65. The van der Waals surface area contributed by atoms with E-state index in [0.717, 1.165) is 29.7 Å². The summed E-state index contributed by atoms with van der Waals surface area (Å²) >= 11 is 1.63. The fraction of sp³-hybridized carbons (Fsp3) is 0.200. The second-order valence-corrected chi connectivity index (χ2v) is 5.66. The zero-order valence-corrected chi connectivity index (χ0v) is 14.0. The van der Waals surface area contributed by atoms with E-state index in [1.807, 2.05) is 42.6 Å². The molecule has 8 heteroatoms. The van der Waals surface area contributed by atoms with Crippen molar-refractivity contribution in [3.63, 3.8) is 0 Å². The first-order valence-corrected chi connectivity index (χ1v) is 7.98. The summed E-state index contributed by atoms with van der Waals surface area (Å²) in [5, 5.41) is 16.1. The van der Waals surface area contributed by atoms with Crippen LogP contribution in [0.3, 0.4) is 0 Å². The van der Waals surface area contributed by atoms with Crippen LogP contribution in [0.4, 0.5) is 0 Å². The maximum absolute atomic E-state index is 4.09. The van der Waals surface area contributed by atoms with Gasteiger partial charge in [-0.2, -0.15) is 4.68 Å². The van der Waals surface area contributed by atoms with Gasteiger partial charge in [-0.25, -0.2) is 0 Å². The number of halogens is 1. The van der Waals surface area contributed by atoms with Crippen molar-refractivity contribution in [3.05, 3.63) is 60.4 Å². The third-order valence-corrected chi connectivity index (χ3v) is 3.92. The number of hydrogen-bond donors (Lipinski definition) is 1. The quantitative estimate of drug-likeness (QED) is 0.522. The molecule has 23 heavy (non-hydrogen) atoms. The van der Waals surface area contributed by atoms with Crippen molar-refractivity contribution in [2.24, 2.45) is 0 Å². The molecule has 0 aliphatic carbocycles. The number of para-hydroxylation sites is 1. The second kappa shape index (κ2) is 9.24. The van der Waals surface area contributed by atoms with Crippen LogP contribution in [0.2, 0.25) is 0 Å². The van der Waals surface area contributed by atoms with Gasteiger partial charge in [0.1, 0.15) is 0 Å². The minimum atomic E-state index is 0. The van der Waals surface area contributed by atoms with E-state index in [-0.39, 0.29) is 12.4 Å². The molecule has 0 bridgehead atoms. The zero-order valence-electron chi connectivity index (χ0n) is 12.4. The third kappa shape index (κ3) is 5.02. The molecule has 0 spiro atoms. The van der Waals surface area contributed by atoms with Crippen molar-refractivity contribution in [1.82, 2.24) is 30.5 Å². The number of benzene rings is 1. The number of thioether (sulfide) groups is 1. The predicted octanol–water partition coefficient (Wildman–Crippen LogP) is 2.36. The monoisotopic (exact) mass is 348 g/mol. The highest BCUT2D eigenvalue weighted by Crippen LogP contribution is 2.17. The molecular weight excluding hydrogens is 332 g/mol. The molecule has 0 atom stereocenters. The van der Waals surface area contributed by atoms with Gasteiger partial charge in [0, 0.05) is 31.2 Å². The third-order valence-electron chi connectivity index (χ3n) is 3.00. The molecule has 0 saturated heterocycles. The average Bonchev–Trinajstić information content (AvgIpc) is 3.05. The second-order valence-electron chi connectivity index (χ2n) is 4.60. The Morgan fingerprint density at radius 3 is 2.74 bits per heavy atom. The van der Waals surface area contributed by atoms with E-state index in [4.69, 9.17) is 0 Å². The Bertz CT molecular complexity index is 691. The smallest absolute Gasteiger partial charge is 0.214 e. The Balaban J connectivity index is 0.00000192. The molecule has 0 fully saturated rings. The van der Waals surface area contributed by atoms with Gasteiger partial charge in [0.25, 0.3) is 0 Å². The number of nitrogens with one attached hydrogen (secondary N) is 1. The van der Waals surface area contributed by atoms with Crippen molar-refractivity contribution >= 4 is 24.2 Å². The number of rotatable bonds is 7. The van der Waals surface area contributed by atoms with Crippen molar-refractivity contribution in [1.29, 1.82) is 0 Å². The average molecular weight is 349 g/mol. The van der Waals surface area contributed by atoms with Gasteiger partial charge in [-0.3, -0.25) is 4.98 Å². The van der Waals surface area contributed by atoms with Gasteiger partial charge in [0.05, 0.1) is 5.69 Å². The maximum Gasteiger partial charge on any atom is 0.214 e. The molecular formula is C15H17ClN6S. The van der Waals surface area contributed by atoms with E-state index in [0.29, 0.717) is 0 Å². The molecule has 0 aliphatic heterocycles. The van der Waals surface area contributed by atoms with E-state index >= 15 is 0 Å². The topological polar surface area (TPSA) is 68.5 Å². The van der Waals surface area contributed by atoms with Crippen LogP contribution in [0.5, 0.6) is 0 Å².